The summed E-state index contributed by atoms with van der Waals surface area (Å²) in [5.41, 5.74) is 0. The van der Waals surface area contributed by atoms with Crippen molar-refractivity contribution in [1.82, 2.24) is 0 Å². The van der Waals surface area contributed by atoms with Crippen molar-refractivity contribution in [3.05, 3.63) is 0 Å². The van der Waals surface area contributed by atoms with Gasteiger partial charge in [0.2, 0.25) is 0 Å². The van der Waals surface area contributed by atoms with E-state index in [1.54, 1.807) is 0 Å². The van der Waals surface area contributed by atoms with Crippen molar-refractivity contribution in [3.63, 3.8) is 0 Å². The number of hydrogen-bond acceptors (Lipinski definition) is 9. The molecule has 0 saturated carbocycles. The van der Waals surface area contributed by atoms with E-state index in [-0.39, 0.29) is 33.8 Å². The average molecular weight is 373 g/mol. The molecule has 13 heteroatoms. The van der Waals surface area contributed by atoms with E-state index in [0.717, 1.165) is 20.8 Å². The second kappa shape index (κ2) is 24.7. The first-order valence-corrected chi connectivity index (χ1v) is 4.60. The minimum absolute atomic E-state index is 0. The zero-order valence-corrected chi connectivity index (χ0v) is 13.2. The van der Waals surface area contributed by atoms with Gasteiger partial charge in [-0.05, 0) is 20.8 Å². The predicted octanol–water partition coefficient (Wildman–Crippen LogP) is -8.13. The molecule has 3 unspecified atom stereocenters. The van der Waals surface area contributed by atoms with Crippen LogP contribution in [0.15, 0.2) is 0 Å². The van der Waals surface area contributed by atoms with Crippen LogP contribution >= 0.6 is 0 Å². The van der Waals surface area contributed by atoms with Crippen molar-refractivity contribution < 1.29 is 78.8 Å². The average Bonchev–Trinajstić information content (AvgIpc) is 2.18. The monoisotopic (exact) mass is 373 g/mol. The van der Waals surface area contributed by atoms with E-state index in [9.17, 15) is 29.7 Å². The van der Waals surface area contributed by atoms with Gasteiger partial charge in [0, 0.05) is 0 Å². The third-order valence-electron chi connectivity index (χ3n) is 1.02. The van der Waals surface area contributed by atoms with Crippen LogP contribution in [0.5, 0.6) is 0 Å². The summed E-state index contributed by atoms with van der Waals surface area (Å²) < 4.78 is 0. The fourth-order valence-electron chi connectivity index (χ4n) is 0. The van der Waals surface area contributed by atoms with Gasteiger partial charge >= 0.3 is 17.4 Å². The fourth-order valence-corrected chi connectivity index (χ4v) is 0. The van der Waals surface area contributed by atoms with Gasteiger partial charge in [0.25, 0.3) is 0 Å². The van der Waals surface area contributed by atoms with Crippen LogP contribution in [0.1, 0.15) is 20.8 Å². The number of hydrogen-bond donors (Lipinski definition) is 3. The number of aliphatic hydroxyl groups is 3. The Kier molecular flexibility index (Phi) is 48.1. The smallest absolute Gasteiger partial charge is 0.547 e. The van der Waals surface area contributed by atoms with Crippen molar-refractivity contribution >= 4 is 17.9 Å². The maximum atomic E-state index is 9.34. The molecule has 0 aliphatic heterocycles. The molecule has 0 saturated heterocycles. The number of aliphatic hydroxyl groups excluding tert-OH is 3. The third kappa shape index (κ3) is 51.2. The van der Waals surface area contributed by atoms with Gasteiger partial charge in [-0.25, -0.2) is 0 Å². The molecule has 0 aliphatic carbocycles. The minimum atomic E-state index is -1.44. The molecule has 12 nitrogen and oxygen atoms in total. The van der Waals surface area contributed by atoms with E-state index >= 15 is 0 Å². The van der Waals surface area contributed by atoms with Crippen LogP contribution in [0, 0.1) is 0 Å². The zero-order valence-electron chi connectivity index (χ0n) is 11.9. The van der Waals surface area contributed by atoms with E-state index in [1.165, 1.54) is 0 Å². The Morgan fingerprint density at radius 2 is 0.682 bits per heavy atom. The van der Waals surface area contributed by atoms with Gasteiger partial charge in [-0.3, -0.25) is 0 Å². The van der Waals surface area contributed by atoms with Crippen molar-refractivity contribution in [3.8, 4) is 0 Å². The Balaban J connectivity index is -0.0000000281. The standard InChI is InChI=1S/3C3H6O3.Cr.3H2O/c3*1-2(4)3(5)6;;;;/h3*2,4H,1H3,(H,5,6);;3*1H2/q;;;+3;;;/p-3. The van der Waals surface area contributed by atoms with E-state index in [4.69, 9.17) is 15.3 Å². The van der Waals surface area contributed by atoms with Gasteiger partial charge in [0.15, 0.2) is 0 Å². The summed E-state index contributed by atoms with van der Waals surface area (Å²) in [6, 6.07) is 0. The van der Waals surface area contributed by atoms with Crippen molar-refractivity contribution in [2.75, 3.05) is 0 Å². The maximum absolute atomic E-state index is 9.34. The predicted molar refractivity (Wildman–Crippen MR) is 60.9 cm³/mol. The molecular weight excluding hydrogens is 352 g/mol. The summed E-state index contributed by atoms with van der Waals surface area (Å²) >= 11 is 0. The van der Waals surface area contributed by atoms with Crippen LogP contribution < -0.4 is 15.3 Å². The van der Waals surface area contributed by atoms with Crippen LogP contribution in [0.3, 0.4) is 0 Å². The number of carboxylic acids is 3. The molecule has 0 fully saturated rings. The molecular formula is C9H21CrO12. The number of carbonyl (C=O) groups is 3. The van der Waals surface area contributed by atoms with Gasteiger partial charge < -0.3 is 61.5 Å². The molecule has 0 amide bonds. The second-order valence-electron chi connectivity index (χ2n) is 2.99. The van der Waals surface area contributed by atoms with E-state index in [0.29, 0.717) is 0 Å². The number of aliphatic carboxylic acids is 3. The summed E-state index contributed by atoms with van der Waals surface area (Å²) in [5.74, 6) is -4.31. The molecule has 0 bridgehead atoms. The summed E-state index contributed by atoms with van der Waals surface area (Å²) in [6.07, 6.45) is -4.03. The van der Waals surface area contributed by atoms with Gasteiger partial charge in [-0.2, -0.15) is 0 Å². The maximum Gasteiger partial charge on any atom is 3.00 e. The van der Waals surface area contributed by atoms with E-state index in [2.05, 4.69) is 0 Å². The summed E-state index contributed by atoms with van der Waals surface area (Å²) in [4.78, 5) is 28.0. The summed E-state index contributed by atoms with van der Waals surface area (Å²) in [5, 5.41) is 51.9. The molecule has 0 aromatic carbocycles. The van der Waals surface area contributed by atoms with Crippen LogP contribution in [0.25, 0.3) is 0 Å². The fraction of sp³-hybridized carbons (Fsp3) is 0.667. The molecule has 22 heavy (non-hydrogen) atoms. The first-order chi connectivity index (χ1) is 7.93. The van der Waals surface area contributed by atoms with Crippen LogP contribution in [0.2, 0.25) is 0 Å². The zero-order chi connectivity index (χ0) is 15.5. The Morgan fingerprint density at radius 3 is 0.682 bits per heavy atom. The first-order valence-electron chi connectivity index (χ1n) is 4.60. The molecule has 0 heterocycles. The number of carbonyl (C=O) groups excluding carboxylic acids is 3. The largest absolute Gasteiger partial charge is 3.00 e. The second-order valence-corrected chi connectivity index (χ2v) is 2.99. The normalized spacial score (nSPS) is 11.2. The summed E-state index contributed by atoms with van der Waals surface area (Å²) in [7, 11) is 0. The molecule has 135 valence electrons. The van der Waals surface area contributed by atoms with Crippen LogP contribution in [0.4, 0.5) is 0 Å². The minimum Gasteiger partial charge on any atom is -0.547 e. The van der Waals surface area contributed by atoms with Crippen molar-refractivity contribution in [2.45, 2.75) is 39.1 Å². The number of rotatable bonds is 3. The van der Waals surface area contributed by atoms with Gasteiger partial charge in [-0.15, -0.1) is 0 Å². The van der Waals surface area contributed by atoms with Gasteiger partial charge in [0.05, 0.1) is 36.2 Å². The van der Waals surface area contributed by atoms with E-state index < -0.39 is 36.2 Å². The van der Waals surface area contributed by atoms with Crippen molar-refractivity contribution in [1.29, 1.82) is 0 Å². The molecule has 3 atom stereocenters. The summed E-state index contributed by atoms with van der Waals surface area (Å²) in [6.45, 7) is 3.40. The molecule has 0 aromatic heterocycles. The first kappa shape index (κ1) is 42.8. The topological polar surface area (TPSA) is 276 Å². The molecule has 9 N–H and O–H groups in total. The molecule has 0 aromatic rings. The van der Waals surface area contributed by atoms with Crippen LogP contribution in [-0.4, -0.2) is 68.0 Å². The van der Waals surface area contributed by atoms with Crippen LogP contribution in [-0.2, 0) is 31.7 Å². The SMILES string of the molecule is CC(O)C(=O)[O-].CC(O)C(=O)[O-].CC(O)C(=O)[O-].O.O.O.[Cr+3]. The number of carboxylic acid groups (broad SMARTS) is 3. The Labute approximate surface area is 136 Å². The van der Waals surface area contributed by atoms with Crippen molar-refractivity contribution in [2.24, 2.45) is 0 Å². The van der Waals surface area contributed by atoms with Gasteiger partial charge in [-0.1, -0.05) is 0 Å². The Bertz CT molecular complexity index is 223. The Morgan fingerprint density at radius 1 is 0.636 bits per heavy atom. The molecule has 1 radical (unpaired) electrons. The van der Waals surface area contributed by atoms with E-state index in [1.807, 2.05) is 0 Å². The molecule has 0 aliphatic rings. The Hall–Kier alpha value is -1.30. The molecule has 0 rings (SSSR count). The van der Waals surface area contributed by atoms with Gasteiger partial charge in [0.1, 0.15) is 0 Å². The molecule has 0 spiro atoms. The quantitative estimate of drug-likeness (QED) is 0.422. The third-order valence-corrected chi connectivity index (χ3v) is 1.02.